The summed E-state index contributed by atoms with van der Waals surface area (Å²) >= 11 is 0. The molecule has 0 aromatic rings. The molecule has 1 amide bonds. The molecule has 0 saturated heterocycles. The van der Waals surface area contributed by atoms with Gasteiger partial charge in [-0.3, -0.25) is 20.5 Å². The maximum Gasteiger partial charge on any atom is 0.275 e. The van der Waals surface area contributed by atoms with E-state index >= 15 is 0 Å². The molecular weight excluding hydrogens is 222 g/mol. The minimum absolute atomic E-state index is 0.0192. The number of rotatable bonds is 4. The van der Waals surface area contributed by atoms with Crippen LogP contribution in [0.3, 0.4) is 0 Å². The third-order valence-corrected chi connectivity index (χ3v) is 1.74. The Kier molecular flexibility index (Phi) is 6.34. The molecule has 0 aliphatic rings. The van der Waals surface area contributed by atoms with E-state index in [4.69, 9.17) is 17.1 Å². The van der Waals surface area contributed by atoms with E-state index in [1.165, 1.54) is 13.1 Å². The van der Waals surface area contributed by atoms with Gasteiger partial charge in [0.05, 0.1) is 0 Å². The zero-order valence-corrected chi connectivity index (χ0v) is 10.2. The van der Waals surface area contributed by atoms with Gasteiger partial charge in [0, 0.05) is 19.3 Å². The predicted molar refractivity (Wildman–Crippen MR) is 66.9 cm³/mol. The quantitative estimate of drug-likeness (QED) is 0.180. The van der Waals surface area contributed by atoms with Gasteiger partial charge >= 0.3 is 0 Å². The topological polar surface area (TPSA) is 133 Å². The van der Waals surface area contributed by atoms with Crippen LogP contribution in [0.5, 0.6) is 0 Å². The first-order valence-electron chi connectivity index (χ1n) is 5.00. The van der Waals surface area contributed by atoms with Gasteiger partial charge in [-0.05, 0) is 19.9 Å². The highest BCUT2D eigenvalue weighted by molar-refractivity contribution is 6.44. The van der Waals surface area contributed by atoms with Crippen molar-refractivity contribution in [3.05, 3.63) is 11.8 Å². The molecule has 0 rings (SSSR count). The van der Waals surface area contributed by atoms with Crippen molar-refractivity contribution in [3.63, 3.8) is 0 Å². The summed E-state index contributed by atoms with van der Waals surface area (Å²) in [6.45, 7) is 4.40. The molecule has 0 unspecified atom stereocenters. The molecule has 0 saturated carbocycles. The third kappa shape index (κ3) is 5.52. The molecule has 0 spiro atoms. The maximum absolute atomic E-state index is 11.5. The largest absolute Gasteiger partial charge is 0.389 e. The van der Waals surface area contributed by atoms with E-state index in [1.807, 2.05) is 6.92 Å². The molecule has 0 fully saturated rings. The Bertz CT molecular complexity index is 345. The van der Waals surface area contributed by atoms with Gasteiger partial charge in [-0.1, -0.05) is 0 Å². The number of amides is 1. The van der Waals surface area contributed by atoms with Crippen LogP contribution in [0, 0.1) is 5.41 Å². The van der Waals surface area contributed by atoms with Gasteiger partial charge in [-0.2, -0.15) is 0 Å². The lowest BCUT2D eigenvalue weighted by Crippen LogP contribution is -2.48. The summed E-state index contributed by atoms with van der Waals surface area (Å²) in [6.07, 6.45) is 1.41. The van der Waals surface area contributed by atoms with E-state index in [1.54, 1.807) is 6.92 Å². The molecule has 96 valence electrons. The molecule has 0 atom stereocenters. The molecular formula is C9H19N7O. The minimum Gasteiger partial charge on any atom is -0.389 e. The molecule has 0 radical (unpaired) electrons. The molecule has 7 N–H and O–H groups in total. The Morgan fingerprint density at radius 2 is 2.18 bits per heavy atom. The highest BCUT2D eigenvalue weighted by Crippen LogP contribution is 1.88. The van der Waals surface area contributed by atoms with Crippen LogP contribution in [0.25, 0.3) is 0 Å². The number of nitrogens with zero attached hydrogens (tertiary/aromatic N) is 2. The summed E-state index contributed by atoms with van der Waals surface area (Å²) in [4.78, 5) is 11.5. The minimum atomic E-state index is -0.635. The summed E-state index contributed by atoms with van der Waals surface area (Å²) in [5.74, 6) is 9.72. The second-order valence-electron chi connectivity index (χ2n) is 3.29. The highest BCUT2D eigenvalue weighted by Gasteiger charge is 2.11. The van der Waals surface area contributed by atoms with Gasteiger partial charge in [0.2, 0.25) is 5.96 Å². The smallest absolute Gasteiger partial charge is 0.275 e. The number of hydrazine groups is 1. The van der Waals surface area contributed by atoms with E-state index < -0.39 is 5.91 Å². The van der Waals surface area contributed by atoms with Crippen molar-refractivity contribution in [2.45, 2.75) is 13.8 Å². The number of hydrogen-bond donors (Lipinski definition) is 5. The molecule has 0 aliphatic carbocycles. The Balaban J connectivity index is 4.53. The van der Waals surface area contributed by atoms with Crippen LogP contribution >= 0.6 is 0 Å². The Morgan fingerprint density at radius 1 is 1.59 bits per heavy atom. The zero-order chi connectivity index (χ0) is 13.4. The Morgan fingerprint density at radius 3 is 2.59 bits per heavy atom. The van der Waals surface area contributed by atoms with Gasteiger partial charge in [-0.15, -0.1) is 5.10 Å². The molecule has 17 heavy (non-hydrogen) atoms. The Hall–Kier alpha value is -2.09. The van der Waals surface area contributed by atoms with Crippen LogP contribution in [-0.4, -0.2) is 36.2 Å². The number of hydrogen-bond acceptors (Lipinski definition) is 6. The standard InChI is InChI=1S/C9H19N7O/c1-4-13-6(2)5-7(10)8(17)14-9(15-11)16(3)12/h5,10,13H,4,11-12H2,1-3H3,(H,14,15,17)/b6-5-,10-7?. The van der Waals surface area contributed by atoms with Gasteiger partial charge in [0.25, 0.3) is 5.91 Å². The first-order chi connectivity index (χ1) is 7.92. The van der Waals surface area contributed by atoms with Crippen molar-refractivity contribution in [1.82, 2.24) is 15.6 Å². The van der Waals surface area contributed by atoms with Crippen LogP contribution in [0.4, 0.5) is 0 Å². The number of carbonyl (C=O) groups excluding carboxylic acids is 1. The van der Waals surface area contributed by atoms with Crippen molar-refractivity contribution in [2.24, 2.45) is 16.8 Å². The average molecular weight is 241 g/mol. The molecule has 0 aromatic heterocycles. The zero-order valence-electron chi connectivity index (χ0n) is 10.2. The number of guanidine groups is 1. The van der Waals surface area contributed by atoms with E-state index in [0.29, 0.717) is 0 Å². The number of hydrazone groups is 1. The molecule has 0 heterocycles. The van der Waals surface area contributed by atoms with Gasteiger partial charge in [-0.25, -0.2) is 5.84 Å². The second kappa shape index (κ2) is 7.23. The van der Waals surface area contributed by atoms with Gasteiger partial charge < -0.3 is 11.2 Å². The van der Waals surface area contributed by atoms with Crippen molar-refractivity contribution in [1.29, 1.82) is 5.41 Å². The van der Waals surface area contributed by atoms with Crippen LogP contribution in [0.1, 0.15) is 13.8 Å². The summed E-state index contributed by atoms with van der Waals surface area (Å²) < 4.78 is 0. The SMILES string of the molecule is CCN/C(C)=C\C(=N)C(=O)N/C(=N/N)N(C)N. The van der Waals surface area contributed by atoms with Crippen molar-refractivity contribution < 1.29 is 4.79 Å². The van der Waals surface area contributed by atoms with Gasteiger partial charge in [0.1, 0.15) is 5.71 Å². The maximum atomic E-state index is 11.5. The second-order valence-corrected chi connectivity index (χ2v) is 3.29. The number of carbonyl (C=O) groups is 1. The van der Waals surface area contributed by atoms with Crippen molar-refractivity contribution in [2.75, 3.05) is 13.6 Å². The molecule has 0 aromatic carbocycles. The molecule has 0 bridgehead atoms. The monoisotopic (exact) mass is 241 g/mol. The van der Waals surface area contributed by atoms with Gasteiger partial charge in [0.15, 0.2) is 0 Å². The molecule has 8 nitrogen and oxygen atoms in total. The van der Waals surface area contributed by atoms with E-state index in [-0.39, 0.29) is 11.7 Å². The lowest BCUT2D eigenvalue weighted by atomic mass is 10.3. The van der Waals surface area contributed by atoms with Crippen molar-refractivity contribution >= 4 is 17.6 Å². The highest BCUT2D eigenvalue weighted by atomic mass is 16.2. The summed E-state index contributed by atoms with van der Waals surface area (Å²) in [6, 6.07) is 0. The van der Waals surface area contributed by atoms with Crippen LogP contribution < -0.4 is 22.3 Å². The number of allylic oxidation sites excluding steroid dienone is 1. The van der Waals surface area contributed by atoms with Crippen LogP contribution in [-0.2, 0) is 4.79 Å². The first kappa shape index (κ1) is 14.9. The normalized spacial score (nSPS) is 12.0. The van der Waals surface area contributed by atoms with E-state index in [9.17, 15) is 4.79 Å². The van der Waals surface area contributed by atoms with Crippen LogP contribution in [0.15, 0.2) is 16.9 Å². The summed E-state index contributed by atoms with van der Waals surface area (Å²) in [5.41, 5.74) is 0.506. The fourth-order valence-electron chi connectivity index (χ4n) is 0.992. The number of nitrogens with one attached hydrogen (secondary N) is 3. The lowest BCUT2D eigenvalue weighted by Gasteiger charge is -2.14. The summed E-state index contributed by atoms with van der Waals surface area (Å²) in [7, 11) is 1.47. The van der Waals surface area contributed by atoms with Crippen LogP contribution in [0.2, 0.25) is 0 Å². The fourth-order valence-corrected chi connectivity index (χ4v) is 0.992. The number of nitrogens with two attached hydrogens (primary N) is 2. The average Bonchev–Trinajstić information content (AvgIpc) is 2.25. The predicted octanol–water partition coefficient (Wildman–Crippen LogP) is -1.33. The van der Waals surface area contributed by atoms with E-state index in [0.717, 1.165) is 17.3 Å². The lowest BCUT2D eigenvalue weighted by molar-refractivity contribution is -0.113. The van der Waals surface area contributed by atoms with Crippen molar-refractivity contribution in [3.8, 4) is 0 Å². The first-order valence-corrected chi connectivity index (χ1v) is 5.00. The third-order valence-electron chi connectivity index (χ3n) is 1.74. The molecule has 0 aliphatic heterocycles. The van der Waals surface area contributed by atoms with E-state index in [2.05, 4.69) is 15.7 Å². The Labute approximate surface area is 100 Å². The molecule has 8 heteroatoms. The summed E-state index contributed by atoms with van der Waals surface area (Å²) in [5, 5.41) is 17.1. The fraction of sp³-hybridized carbons (Fsp3) is 0.444.